The minimum Gasteiger partial charge on any atom is -0.461 e. The monoisotopic (exact) mass is 128 g/mol. The third-order valence-corrected chi connectivity index (χ3v) is 0.640. The molecule has 0 saturated carbocycles. The van der Waals surface area contributed by atoms with Crippen molar-refractivity contribution < 1.29 is 9.53 Å². The fourth-order valence-electron chi connectivity index (χ4n) is 0.268. The van der Waals surface area contributed by atoms with Crippen LogP contribution in [0.1, 0.15) is 6.92 Å². The van der Waals surface area contributed by atoms with Crippen LogP contribution in [-0.2, 0) is 9.53 Å². The third-order valence-electron chi connectivity index (χ3n) is 0.640. The van der Waals surface area contributed by atoms with E-state index in [1.54, 1.807) is 6.92 Å². The second kappa shape index (κ2) is 3.77. The van der Waals surface area contributed by atoms with E-state index >= 15 is 0 Å². The predicted molar refractivity (Wildman–Crippen MR) is 33.1 cm³/mol. The zero-order valence-corrected chi connectivity index (χ0v) is 5.10. The summed E-state index contributed by atoms with van der Waals surface area (Å²) in [5.41, 5.74) is -0.420. The number of carbonyl (C=O) groups is 1. The first-order valence-corrected chi connectivity index (χ1v) is 2.48. The Hall–Kier alpha value is -1.19. The van der Waals surface area contributed by atoms with Gasteiger partial charge in [0.15, 0.2) is 5.71 Å². The SMILES string of the molecule is CCOC(=O)C(=N)C=N. The first-order valence-electron chi connectivity index (χ1n) is 2.48. The van der Waals surface area contributed by atoms with Gasteiger partial charge in [0.1, 0.15) is 0 Å². The van der Waals surface area contributed by atoms with E-state index in [0.29, 0.717) is 6.21 Å². The van der Waals surface area contributed by atoms with E-state index in [4.69, 9.17) is 10.8 Å². The van der Waals surface area contributed by atoms with E-state index in [1.807, 2.05) is 0 Å². The van der Waals surface area contributed by atoms with Gasteiger partial charge in [0.2, 0.25) is 0 Å². The summed E-state index contributed by atoms with van der Waals surface area (Å²) in [6.07, 6.45) is 0.651. The van der Waals surface area contributed by atoms with Crippen molar-refractivity contribution in [3.63, 3.8) is 0 Å². The Labute approximate surface area is 52.8 Å². The molecule has 2 N–H and O–H groups in total. The summed E-state index contributed by atoms with van der Waals surface area (Å²) < 4.78 is 4.38. The van der Waals surface area contributed by atoms with E-state index in [0.717, 1.165) is 0 Å². The quantitative estimate of drug-likeness (QED) is 0.421. The molecule has 0 aromatic carbocycles. The van der Waals surface area contributed by atoms with Crippen LogP contribution in [0.2, 0.25) is 0 Å². The lowest BCUT2D eigenvalue weighted by atomic mass is 10.4. The summed E-state index contributed by atoms with van der Waals surface area (Å²) in [5.74, 6) is -0.743. The molecule has 50 valence electrons. The standard InChI is InChI=1S/C5H8N2O2/c1-2-9-5(8)4(7)3-6/h3,6-7H,2H2,1H3. The molecule has 0 aliphatic heterocycles. The van der Waals surface area contributed by atoms with Crippen LogP contribution in [0.25, 0.3) is 0 Å². The molecule has 0 atom stereocenters. The maximum Gasteiger partial charge on any atom is 0.357 e. The second-order valence-electron chi connectivity index (χ2n) is 1.28. The second-order valence-corrected chi connectivity index (χ2v) is 1.28. The summed E-state index contributed by atoms with van der Waals surface area (Å²) >= 11 is 0. The Morgan fingerprint density at radius 3 is 2.67 bits per heavy atom. The minimum absolute atomic E-state index is 0.245. The predicted octanol–water partition coefficient (Wildman–Crippen LogP) is 0.219. The van der Waals surface area contributed by atoms with Crippen LogP contribution in [0.3, 0.4) is 0 Å². The Morgan fingerprint density at radius 2 is 2.33 bits per heavy atom. The van der Waals surface area contributed by atoms with Gasteiger partial charge in [-0.05, 0) is 6.92 Å². The number of ether oxygens (including phenoxy) is 1. The molecule has 0 aromatic rings. The van der Waals surface area contributed by atoms with Crippen LogP contribution in [-0.4, -0.2) is 24.5 Å². The fourth-order valence-corrected chi connectivity index (χ4v) is 0.268. The van der Waals surface area contributed by atoms with Crippen LogP contribution in [0, 0.1) is 10.8 Å². The van der Waals surface area contributed by atoms with Crippen molar-refractivity contribution in [1.82, 2.24) is 0 Å². The maximum atomic E-state index is 10.4. The highest BCUT2D eigenvalue weighted by atomic mass is 16.5. The molecule has 0 aliphatic carbocycles. The third kappa shape index (κ3) is 2.58. The molecule has 0 rings (SSSR count). The summed E-state index contributed by atoms with van der Waals surface area (Å²) in [5, 5.41) is 13.2. The van der Waals surface area contributed by atoms with E-state index in [1.165, 1.54) is 0 Å². The smallest absolute Gasteiger partial charge is 0.357 e. The highest BCUT2D eigenvalue weighted by molar-refractivity contribution is 6.57. The molecule has 9 heavy (non-hydrogen) atoms. The number of hydrogen-bond acceptors (Lipinski definition) is 4. The van der Waals surface area contributed by atoms with Gasteiger partial charge in [0.25, 0.3) is 0 Å². The molecule has 4 heteroatoms. The largest absolute Gasteiger partial charge is 0.461 e. The number of carbonyl (C=O) groups excluding carboxylic acids is 1. The van der Waals surface area contributed by atoms with Gasteiger partial charge in [-0.3, -0.25) is 5.41 Å². The van der Waals surface area contributed by atoms with Gasteiger partial charge >= 0.3 is 5.97 Å². The Morgan fingerprint density at radius 1 is 1.78 bits per heavy atom. The van der Waals surface area contributed by atoms with Crippen molar-refractivity contribution in [3.8, 4) is 0 Å². The van der Waals surface area contributed by atoms with Crippen LogP contribution >= 0.6 is 0 Å². The van der Waals surface area contributed by atoms with Crippen molar-refractivity contribution in [1.29, 1.82) is 10.8 Å². The molecule has 0 fully saturated rings. The number of esters is 1. The molecule has 0 aromatic heterocycles. The molecule has 0 heterocycles. The average molecular weight is 128 g/mol. The van der Waals surface area contributed by atoms with Gasteiger partial charge in [-0.25, -0.2) is 4.79 Å². The van der Waals surface area contributed by atoms with Crippen LogP contribution in [0.4, 0.5) is 0 Å². The zero-order chi connectivity index (χ0) is 7.28. The van der Waals surface area contributed by atoms with Crippen molar-refractivity contribution >= 4 is 17.9 Å². The van der Waals surface area contributed by atoms with Crippen LogP contribution in [0.5, 0.6) is 0 Å². The van der Waals surface area contributed by atoms with E-state index in [2.05, 4.69) is 4.74 Å². The summed E-state index contributed by atoms with van der Waals surface area (Å²) in [6, 6.07) is 0. The lowest BCUT2D eigenvalue weighted by molar-refractivity contribution is -0.134. The number of nitrogens with one attached hydrogen (secondary N) is 2. The molecule has 0 unspecified atom stereocenters. The molecule has 0 bridgehead atoms. The number of hydrogen-bond donors (Lipinski definition) is 2. The first kappa shape index (κ1) is 7.81. The highest BCUT2D eigenvalue weighted by Gasteiger charge is 2.04. The van der Waals surface area contributed by atoms with Crippen molar-refractivity contribution in [2.24, 2.45) is 0 Å². The average Bonchev–Trinajstić information content (AvgIpc) is 1.87. The summed E-state index contributed by atoms with van der Waals surface area (Å²) in [6.45, 7) is 1.89. The van der Waals surface area contributed by atoms with Gasteiger partial charge in [0.05, 0.1) is 12.8 Å². The highest BCUT2D eigenvalue weighted by Crippen LogP contribution is 1.77. The molecular weight excluding hydrogens is 120 g/mol. The van der Waals surface area contributed by atoms with Gasteiger partial charge in [0, 0.05) is 0 Å². The molecule has 4 nitrogen and oxygen atoms in total. The number of rotatable bonds is 3. The van der Waals surface area contributed by atoms with Gasteiger partial charge in [-0.1, -0.05) is 0 Å². The van der Waals surface area contributed by atoms with Gasteiger partial charge in [-0.2, -0.15) is 0 Å². The van der Waals surface area contributed by atoms with Crippen LogP contribution < -0.4 is 0 Å². The normalized spacial score (nSPS) is 8.11. The van der Waals surface area contributed by atoms with Crippen molar-refractivity contribution in [2.75, 3.05) is 6.61 Å². The Balaban J connectivity index is 3.73. The summed E-state index contributed by atoms with van der Waals surface area (Å²) in [7, 11) is 0. The Kier molecular flexibility index (Phi) is 3.27. The van der Waals surface area contributed by atoms with Crippen LogP contribution in [0.15, 0.2) is 0 Å². The van der Waals surface area contributed by atoms with Gasteiger partial charge < -0.3 is 10.1 Å². The van der Waals surface area contributed by atoms with Crippen molar-refractivity contribution in [3.05, 3.63) is 0 Å². The lowest BCUT2D eigenvalue weighted by Crippen LogP contribution is -2.16. The first-order chi connectivity index (χ1) is 4.22. The molecule has 0 amide bonds. The Bertz CT molecular complexity index is 142. The molecular formula is C5H8N2O2. The minimum atomic E-state index is -0.743. The van der Waals surface area contributed by atoms with E-state index in [9.17, 15) is 4.79 Å². The molecule has 0 saturated heterocycles. The molecule has 0 spiro atoms. The zero-order valence-electron chi connectivity index (χ0n) is 5.10. The lowest BCUT2D eigenvalue weighted by Gasteiger charge is -1.95. The molecule has 0 radical (unpaired) electrons. The maximum absolute atomic E-state index is 10.4. The molecule has 0 aliphatic rings. The topological polar surface area (TPSA) is 74.0 Å². The van der Waals surface area contributed by atoms with E-state index < -0.39 is 11.7 Å². The van der Waals surface area contributed by atoms with Gasteiger partial charge in [-0.15, -0.1) is 0 Å². The fraction of sp³-hybridized carbons (Fsp3) is 0.400. The van der Waals surface area contributed by atoms with E-state index in [-0.39, 0.29) is 6.61 Å². The summed E-state index contributed by atoms with van der Waals surface area (Å²) in [4.78, 5) is 10.4. The van der Waals surface area contributed by atoms with Crippen molar-refractivity contribution in [2.45, 2.75) is 6.92 Å².